The van der Waals surface area contributed by atoms with Crippen LogP contribution in [0.3, 0.4) is 0 Å². The van der Waals surface area contributed by atoms with E-state index in [1.807, 2.05) is 24.5 Å². The zero-order valence-electron chi connectivity index (χ0n) is 36.2. The maximum absolute atomic E-state index is 6.87. The third kappa shape index (κ3) is 7.35. The van der Waals surface area contributed by atoms with E-state index in [9.17, 15) is 0 Å². The molecule has 0 saturated carbocycles. The molecule has 0 aliphatic carbocycles. The minimum Gasteiger partial charge on any atom is -0.363 e. The maximum atomic E-state index is 6.87. The van der Waals surface area contributed by atoms with E-state index >= 15 is 0 Å². The van der Waals surface area contributed by atoms with Gasteiger partial charge in [-0.3, -0.25) is 9.97 Å². The lowest BCUT2D eigenvalue weighted by atomic mass is 9.71. The number of fused-ring (bicyclic) bond motifs is 9. The number of aromatic nitrogens is 2. The van der Waals surface area contributed by atoms with Crippen molar-refractivity contribution in [3.8, 4) is 0 Å². The molecule has 62 heavy (non-hydrogen) atoms. The van der Waals surface area contributed by atoms with E-state index in [0.29, 0.717) is 49.0 Å². The molecule has 6 saturated heterocycles. The largest absolute Gasteiger partial charge is 0.363 e. The Morgan fingerprint density at radius 2 is 1.03 bits per heavy atom. The van der Waals surface area contributed by atoms with Crippen LogP contribution in [0.4, 0.5) is 0 Å². The summed E-state index contributed by atoms with van der Waals surface area (Å²) in [4.78, 5) is 9.46. The number of hydrogen-bond donors (Lipinski definition) is 0. The number of hydrogen-bond acceptors (Lipinski definition) is 4. The first kappa shape index (κ1) is 40.8. The Balaban J connectivity index is 0.969. The van der Waals surface area contributed by atoms with E-state index in [2.05, 4.69) is 136 Å². The molecule has 6 fully saturated rings. The van der Waals surface area contributed by atoms with Gasteiger partial charge in [-0.25, -0.2) is 0 Å². The average molecular weight is 823 g/mol. The monoisotopic (exact) mass is 822 g/mol. The van der Waals surface area contributed by atoms with Gasteiger partial charge in [0.15, 0.2) is 0 Å². The van der Waals surface area contributed by atoms with Crippen molar-refractivity contribution in [3.63, 3.8) is 0 Å². The van der Waals surface area contributed by atoms with Crippen LogP contribution in [0.5, 0.6) is 0 Å². The third-order valence-electron chi connectivity index (χ3n) is 15.8. The van der Waals surface area contributed by atoms with Crippen LogP contribution in [0, 0.1) is 23.7 Å². The molecule has 12 rings (SSSR count). The Hall–Kier alpha value is -5.24. The molecule has 6 aliphatic rings. The Morgan fingerprint density at radius 1 is 0.581 bits per heavy atom. The van der Waals surface area contributed by atoms with Crippen molar-refractivity contribution in [1.82, 2.24) is 9.97 Å². The molecule has 316 valence electrons. The average Bonchev–Trinajstić information content (AvgIpc) is 3.32. The number of para-hydroxylation sites is 2. The molecule has 0 radical (unpaired) electrons. The number of piperidine rings is 6. The van der Waals surface area contributed by atoms with Crippen molar-refractivity contribution in [2.45, 2.75) is 63.1 Å². The van der Waals surface area contributed by atoms with Crippen molar-refractivity contribution in [2.75, 3.05) is 39.4 Å². The second-order valence-corrected chi connectivity index (χ2v) is 19.0. The van der Waals surface area contributed by atoms with Gasteiger partial charge >= 0.3 is 0 Å². The molecule has 0 N–H and O–H groups in total. The van der Waals surface area contributed by atoms with Gasteiger partial charge in [0.25, 0.3) is 0 Å². The standard InChI is InChI=1S/C56H62N4O2/c1-5-29-61-55(49-21-25-57-51-15-11-9-13-47(49)51)53-33-45-23-27-59(53,37-41(45)7-3)35-39-17-19-44-32-40(18-20-43(44)31-39)36-60-28-24-46(42(8-4)38-60)34-54(60)56(62-30-6-2)50-22-26-58-52-16-12-10-14-48(50)52/h5-22,25-26,31-32,41-42,45-46,53-56H,1-4,23-24,27-30,33-38H2/q+2/t41?,42?,45?,46?,53?,54?,55-,56-,59?,60?/m1/s1. The van der Waals surface area contributed by atoms with Crippen LogP contribution in [-0.2, 0) is 22.6 Å². The van der Waals surface area contributed by atoms with Crippen LogP contribution in [0.25, 0.3) is 32.6 Å². The molecular weight excluding hydrogens is 761 g/mol. The zero-order chi connectivity index (χ0) is 42.3. The SMILES string of the molecule is C=CCO[C@H](c1ccnc2ccccc12)C1CC2CC[N+]1(Cc1ccc3cc(C[N+]45CCC(CC4[C@H](OCC=C)c4ccnc6ccccc46)C(C=C)C5)ccc3c1)CC2C=C. The smallest absolute Gasteiger partial charge is 0.135 e. The van der Waals surface area contributed by atoms with E-state index in [4.69, 9.17) is 19.4 Å². The quantitative estimate of drug-likeness (QED) is 0.0720. The molecule has 6 aliphatic heterocycles. The zero-order valence-corrected chi connectivity index (χ0v) is 36.2. The maximum Gasteiger partial charge on any atom is 0.135 e. The molecule has 4 bridgehead atoms. The Labute approximate surface area is 368 Å². The van der Waals surface area contributed by atoms with E-state index in [-0.39, 0.29) is 12.2 Å². The van der Waals surface area contributed by atoms with Gasteiger partial charge in [-0.15, -0.1) is 26.3 Å². The van der Waals surface area contributed by atoms with Gasteiger partial charge in [-0.1, -0.05) is 85.0 Å². The minimum absolute atomic E-state index is 0.0617. The van der Waals surface area contributed by atoms with Crippen LogP contribution in [0.15, 0.2) is 160 Å². The Bertz CT molecular complexity index is 2450. The first-order valence-corrected chi connectivity index (χ1v) is 23.1. The highest BCUT2D eigenvalue weighted by molar-refractivity contribution is 5.84. The summed E-state index contributed by atoms with van der Waals surface area (Å²) >= 11 is 0. The van der Waals surface area contributed by atoms with Crippen molar-refractivity contribution >= 4 is 32.6 Å². The van der Waals surface area contributed by atoms with Crippen molar-refractivity contribution in [2.24, 2.45) is 23.7 Å². The lowest BCUT2D eigenvalue weighted by Crippen LogP contribution is -2.67. The number of benzene rings is 4. The summed E-state index contributed by atoms with van der Waals surface area (Å²) in [5, 5.41) is 4.98. The molecule has 10 atom stereocenters. The van der Waals surface area contributed by atoms with E-state index in [1.54, 1.807) is 0 Å². The predicted octanol–water partition coefficient (Wildman–Crippen LogP) is 11.6. The second-order valence-electron chi connectivity index (χ2n) is 19.0. The summed E-state index contributed by atoms with van der Waals surface area (Å²) in [6.07, 6.45) is 16.8. The Morgan fingerprint density at radius 3 is 1.47 bits per heavy atom. The Kier molecular flexibility index (Phi) is 11.3. The molecule has 8 heterocycles. The van der Waals surface area contributed by atoms with Gasteiger partial charge in [-0.2, -0.15) is 0 Å². The van der Waals surface area contributed by atoms with Gasteiger partial charge in [-0.05, 0) is 70.1 Å². The molecule has 6 aromatic rings. The van der Waals surface area contributed by atoms with Gasteiger partial charge in [0.05, 0.1) is 50.4 Å². The lowest BCUT2D eigenvalue weighted by molar-refractivity contribution is -0.985. The van der Waals surface area contributed by atoms with Gasteiger partial charge in [0, 0.05) is 71.8 Å². The highest BCUT2D eigenvalue weighted by Crippen LogP contribution is 2.51. The van der Waals surface area contributed by atoms with Gasteiger partial charge in [0.2, 0.25) is 0 Å². The molecule has 2 aromatic heterocycles. The fourth-order valence-corrected chi connectivity index (χ4v) is 12.9. The molecule has 0 amide bonds. The van der Waals surface area contributed by atoms with Crippen molar-refractivity contribution in [3.05, 3.63) is 182 Å². The fraction of sp³-hybridized carbons (Fsp3) is 0.357. The number of nitrogens with zero attached hydrogens (tertiary/aromatic N) is 4. The highest BCUT2D eigenvalue weighted by Gasteiger charge is 2.56. The summed E-state index contributed by atoms with van der Waals surface area (Å²) in [6, 6.07) is 36.6. The van der Waals surface area contributed by atoms with Crippen molar-refractivity contribution < 1.29 is 18.4 Å². The van der Waals surface area contributed by atoms with E-state index < -0.39 is 0 Å². The molecular formula is C56H62N4O2+2. The number of ether oxygens (including phenoxy) is 2. The summed E-state index contributed by atoms with van der Waals surface area (Å²) in [6.45, 7) is 24.2. The first-order valence-electron chi connectivity index (χ1n) is 23.1. The van der Waals surface area contributed by atoms with Gasteiger partial charge in [0.1, 0.15) is 37.4 Å². The lowest BCUT2D eigenvalue weighted by Gasteiger charge is -2.58. The summed E-state index contributed by atoms with van der Waals surface area (Å²) in [5.74, 6) is 2.27. The molecule has 0 spiro atoms. The van der Waals surface area contributed by atoms with Crippen LogP contribution in [0.1, 0.15) is 60.1 Å². The number of rotatable bonds is 16. The van der Waals surface area contributed by atoms with Crippen LogP contribution >= 0.6 is 0 Å². The topological polar surface area (TPSA) is 44.2 Å². The molecule has 6 heteroatoms. The fourth-order valence-electron chi connectivity index (χ4n) is 12.9. The second kappa shape index (κ2) is 17.1. The predicted molar refractivity (Wildman–Crippen MR) is 253 cm³/mol. The third-order valence-corrected chi connectivity index (χ3v) is 15.8. The van der Waals surface area contributed by atoms with Crippen molar-refractivity contribution in [1.29, 1.82) is 0 Å². The van der Waals surface area contributed by atoms with E-state index in [1.165, 1.54) is 56.6 Å². The summed E-state index contributed by atoms with van der Waals surface area (Å²) in [7, 11) is 0. The minimum atomic E-state index is -0.0617. The number of pyridine rings is 2. The molecule has 4 aromatic carbocycles. The summed E-state index contributed by atoms with van der Waals surface area (Å²) in [5.41, 5.74) is 7.31. The molecule has 6 nitrogen and oxygen atoms in total. The summed E-state index contributed by atoms with van der Waals surface area (Å²) < 4.78 is 15.7. The normalized spacial score (nSPS) is 28.8. The van der Waals surface area contributed by atoms with E-state index in [0.717, 1.165) is 72.1 Å². The molecule has 8 unspecified atom stereocenters. The van der Waals surface area contributed by atoms with Crippen LogP contribution < -0.4 is 0 Å². The highest BCUT2D eigenvalue weighted by atomic mass is 16.5. The first-order chi connectivity index (χ1) is 30.4. The van der Waals surface area contributed by atoms with Gasteiger partial charge < -0.3 is 18.4 Å². The van der Waals surface area contributed by atoms with Crippen LogP contribution in [-0.4, -0.2) is 70.4 Å². The number of quaternary nitrogens is 2. The van der Waals surface area contributed by atoms with Crippen LogP contribution in [0.2, 0.25) is 0 Å².